The summed E-state index contributed by atoms with van der Waals surface area (Å²) in [6.07, 6.45) is 2.48. The number of hydrogen-bond acceptors (Lipinski definition) is 2. The molecule has 0 heterocycles. The van der Waals surface area contributed by atoms with Gasteiger partial charge in [0.25, 0.3) is 0 Å². The Labute approximate surface area is 88.1 Å². The summed E-state index contributed by atoms with van der Waals surface area (Å²) >= 11 is 2.07. The summed E-state index contributed by atoms with van der Waals surface area (Å²) in [6, 6.07) is 0. The van der Waals surface area contributed by atoms with Gasteiger partial charge in [0.1, 0.15) is 0 Å². The van der Waals surface area contributed by atoms with Gasteiger partial charge in [0.2, 0.25) is 0 Å². The predicted molar refractivity (Wildman–Crippen MR) is 64.6 cm³/mol. The van der Waals surface area contributed by atoms with Crippen molar-refractivity contribution in [2.75, 3.05) is 12.3 Å². The Morgan fingerprint density at radius 2 is 1.92 bits per heavy atom. The summed E-state index contributed by atoms with van der Waals surface area (Å²) < 4.78 is 0. The van der Waals surface area contributed by atoms with Gasteiger partial charge in [0, 0.05) is 23.1 Å². The lowest BCUT2D eigenvalue weighted by atomic mass is 10.0. The van der Waals surface area contributed by atoms with E-state index < -0.39 is 0 Å². The maximum absolute atomic E-state index is 3.57. The van der Waals surface area contributed by atoms with Crippen LogP contribution in [0.2, 0.25) is 0 Å². The van der Waals surface area contributed by atoms with Crippen LogP contribution in [0.25, 0.3) is 0 Å². The molecule has 1 N–H and O–H groups in total. The van der Waals surface area contributed by atoms with Crippen molar-refractivity contribution in [3.05, 3.63) is 0 Å². The highest BCUT2D eigenvalue weighted by Crippen LogP contribution is 2.13. The van der Waals surface area contributed by atoms with Gasteiger partial charge in [-0.3, -0.25) is 0 Å². The second-order valence-electron chi connectivity index (χ2n) is 4.25. The van der Waals surface area contributed by atoms with Crippen molar-refractivity contribution in [2.24, 2.45) is 0 Å². The van der Waals surface area contributed by atoms with Gasteiger partial charge in [-0.15, -0.1) is 0 Å². The number of rotatable bonds is 7. The Kier molecular flexibility index (Phi) is 6.88. The molecule has 0 radical (unpaired) electrons. The average Bonchev–Trinajstić information content (AvgIpc) is 2.12. The second kappa shape index (κ2) is 6.72. The van der Waals surface area contributed by atoms with Gasteiger partial charge in [-0.05, 0) is 26.7 Å². The van der Waals surface area contributed by atoms with E-state index in [9.17, 15) is 0 Å². The minimum atomic E-state index is 0.315. The van der Waals surface area contributed by atoms with Crippen LogP contribution in [0.5, 0.6) is 0 Å². The fourth-order valence-electron chi connectivity index (χ4n) is 0.892. The lowest BCUT2D eigenvalue weighted by Crippen LogP contribution is -2.39. The van der Waals surface area contributed by atoms with Crippen LogP contribution in [0, 0.1) is 0 Å². The predicted octanol–water partition coefficient (Wildman–Crippen LogP) is 3.30. The van der Waals surface area contributed by atoms with E-state index in [4.69, 9.17) is 0 Å². The molecule has 0 aromatic rings. The summed E-state index contributed by atoms with van der Waals surface area (Å²) in [5.74, 6) is 1.23. The molecule has 1 nitrogen and oxygen atoms in total. The van der Waals surface area contributed by atoms with Gasteiger partial charge < -0.3 is 5.32 Å². The fraction of sp³-hybridized carbons (Fsp3) is 1.00. The summed E-state index contributed by atoms with van der Waals surface area (Å²) in [4.78, 5) is 0. The van der Waals surface area contributed by atoms with Crippen molar-refractivity contribution in [3.8, 4) is 0 Å². The molecule has 2 heteroatoms. The second-order valence-corrected chi connectivity index (χ2v) is 5.80. The maximum Gasteiger partial charge on any atom is 0.0122 e. The molecular formula is C11H25NS. The Hall–Kier alpha value is 0.310. The van der Waals surface area contributed by atoms with Crippen molar-refractivity contribution < 1.29 is 0 Å². The highest BCUT2D eigenvalue weighted by atomic mass is 32.2. The smallest absolute Gasteiger partial charge is 0.0122 e. The Balaban J connectivity index is 3.35. The lowest BCUT2D eigenvalue weighted by Gasteiger charge is -2.24. The summed E-state index contributed by atoms with van der Waals surface area (Å²) in [7, 11) is 0. The van der Waals surface area contributed by atoms with E-state index in [2.05, 4.69) is 51.7 Å². The summed E-state index contributed by atoms with van der Waals surface area (Å²) in [5, 5.41) is 4.38. The standard InChI is InChI=1S/C11H25NS/c1-6-10(3)13-9-8-12-11(4,5)7-2/h10,12H,6-9H2,1-5H3. The lowest BCUT2D eigenvalue weighted by molar-refractivity contribution is 0.388. The molecule has 0 aromatic heterocycles. The number of hydrogen-bond donors (Lipinski definition) is 1. The van der Waals surface area contributed by atoms with Gasteiger partial charge in [0.15, 0.2) is 0 Å². The first-order chi connectivity index (χ1) is 6.02. The minimum absolute atomic E-state index is 0.315. The van der Waals surface area contributed by atoms with E-state index in [0.29, 0.717) is 5.54 Å². The highest BCUT2D eigenvalue weighted by Gasteiger charge is 2.12. The molecule has 0 saturated carbocycles. The SMILES string of the molecule is CCC(C)SCCNC(C)(C)CC. The van der Waals surface area contributed by atoms with Crippen LogP contribution in [-0.2, 0) is 0 Å². The van der Waals surface area contributed by atoms with Crippen molar-refractivity contribution in [3.63, 3.8) is 0 Å². The van der Waals surface area contributed by atoms with Gasteiger partial charge >= 0.3 is 0 Å². The van der Waals surface area contributed by atoms with Crippen LogP contribution in [-0.4, -0.2) is 23.1 Å². The highest BCUT2D eigenvalue weighted by molar-refractivity contribution is 7.99. The molecular weight excluding hydrogens is 178 g/mol. The molecule has 1 atom stereocenters. The van der Waals surface area contributed by atoms with Crippen LogP contribution in [0.4, 0.5) is 0 Å². The topological polar surface area (TPSA) is 12.0 Å². The molecule has 1 unspecified atom stereocenters. The molecule has 0 aliphatic rings. The third kappa shape index (κ3) is 7.39. The molecule has 0 aliphatic heterocycles. The minimum Gasteiger partial charge on any atom is -0.311 e. The molecule has 0 aliphatic carbocycles. The zero-order valence-electron chi connectivity index (χ0n) is 9.81. The first kappa shape index (κ1) is 13.3. The van der Waals surface area contributed by atoms with Crippen LogP contribution in [0.1, 0.15) is 47.5 Å². The first-order valence-corrected chi connectivity index (χ1v) is 6.43. The zero-order valence-corrected chi connectivity index (χ0v) is 10.6. The molecule has 0 spiro atoms. The van der Waals surface area contributed by atoms with E-state index in [1.807, 2.05) is 0 Å². The van der Waals surface area contributed by atoms with Crippen LogP contribution < -0.4 is 5.32 Å². The largest absolute Gasteiger partial charge is 0.311 e. The van der Waals surface area contributed by atoms with Gasteiger partial charge in [-0.2, -0.15) is 11.8 Å². The van der Waals surface area contributed by atoms with Gasteiger partial charge in [-0.25, -0.2) is 0 Å². The molecule has 0 rings (SSSR count). The fourth-order valence-corrected chi connectivity index (χ4v) is 1.75. The molecule has 0 fully saturated rings. The summed E-state index contributed by atoms with van der Waals surface area (Å²) in [5.41, 5.74) is 0.315. The third-order valence-electron chi connectivity index (χ3n) is 2.57. The monoisotopic (exact) mass is 203 g/mol. The van der Waals surface area contributed by atoms with Crippen LogP contribution in [0.3, 0.4) is 0 Å². The molecule has 0 aromatic carbocycles. The zero-order chi connectivity index (χ0) is 10.3. The van der Waals surface area contributed by atoms with E-state index in [1.54, 1.807) is 0 Å². The van der Waals surface area contributed by atoms with E-state index >= 15 is 0 Å². The average molecular weight is 203 g/mol. The van der Waals surface area contributed by atoms with E-state index in [-0.39, 0.29) is 0 Å². The first-order valence-electron chi connectivity index (χ1n) is 5.38. The van der Waals surface area contributed by atoms with Crippen LogP contribution in [0.15, 0.2) is 0 Å². The normalized spacial score (nSPS) is 14.5. The van der Waals surface area contributed by atoms with Crippen molar-refractivity contribution >= 4 is 11.8 Å². The van der Waals surface area contributed by atoms with E-state index in [0.717, 1.165) is 11.8 Å². The molecule has 0 amide bonds. The van der Waals surface area contributed by atoms with Crippen molar-refractivity contribution in [2.45, 2.75) is 58.2 Å². The molecule has 80 valence electrons. The third-order valence-corrected chi connectivity index (χ3v) is 3.91. The Bertz CT molecular complexity index is 123. The van der Waals surface area contributed by atoms with Gasteiger partial charge in [-0.1, -0.05) is 20.8 Å². The summed E-state index contributed by atoms with van der Waals surface area (Å²) in [6.45, 7) is 12.4. The maximum atomic E-state index is 3.57. The van der Waals surface area contributed by atoms with Gasteiger partial charge in [0.05, 0.1) is 0 Å². The quantitative estimate of drug-likeness (QED) is 0.637. The van der Waals surface area contributed by atoms with Crippen molar-refractivity contribution in [1.82, 2.24) is 5.32 Å². The molecule has 13 heavy (non-hydrogen) atoms. The van der Waals surface area contributed by atoms with Crippen LogP contribution >= 0.6 is 11.8 Å². The Morgan fingerprint density at radius 1 is 1.31 bits per heavy atom. The number of nitrogens with one attached hydrogen (secondary N) is 1. The van der Waals surface area contributed by atoms with E-state index in [1.165, 1.54) is 18.6 Å². The molecule has 0 saturated heterocycles. The Morgan fingerprint density at radius 3 is 2.38 bits per heavy atom. The molecule has 0 bridgehead atoms. The van der Waals surface area contributed by atoms with Crippen molar-refractivity contribution in [1.29, 1.82) is 0 Å². The number of thioether (sulfide) groups is 1.